The molecule has 0 aromatic carbocycles. The van der Waals surface area contributed by atoms with Crippen LogP contribution in [0.25, 0.3) is 0 Å². The van der Waals surface area contributed by atoms with Crippen molar-refractivity contribution in [2.75, 3.05) is 17.2 Å². The number of nitrogens with zero attached hydrogens (tertiary/aromatic N) is 3. The van der Waals surface area contributed by atoms with Crippen LogP contribution in [0.15, 0.2) is 35.3 Å². The lowest BCUT2D eigenvalue weighted by atomic mass is 10.1. The number of hydrogen-bond acceptors (Lipinski definition) is 5. The van der Waals surface area contributed by atoms with Crippen molar-refractivity contribution in [3.63, 3.8) is 0 Å². The van der Waals surface area contributed by atoms with Crippen LogP contribution in [-0.4, -0.2) is 21.5 Å². The van der Waals surface area contributed by atoms with Gasteiger partial charge in [0, 0.05) is 18.9 Å². The van der Waals surface area contributed by atoms with E-state index in [4.69, 9.17) is 0 Å². The summed E-state index contributed by atoms with van der Waals surface area (Å²) in [7, 11) is 0. The number of aromatic nitrogens is 3. The van der Waals surface area contributed by atoms with Crippen LogP contribution >= 0.6 is 15.9 Å². The van der Waals surface area contributed by atoms with Crippen molar-refractivity contribution < 1.29 is 0 Å². The van der Waals surface area contributed by atoms with E-state index in [-0.39, 0.29) is 6.04 Å². The minimum Gasteiger partial charge on any atom is -0.369 e. The van der Waals surface area contributed by atoms with Gasteiger partial charge in [0.15, 0.2) is 0 Å². The highest BCUT2D eigenvalue weighted by atomic mass is 79.9. The topological polar surface area (TPSA) is 62.7 Å². The van der Waals surface area contributed by atoms with Gasteiger partial charge in [-0.15, -0.1) is 0 Å². The monoisotopic (exact) mass is 335 g/mol. The lowest BCUT2D eigenvalue weighted by Crippen LogP contribution is -2.11. The van der Waals surface area contributed by atoms with Gasteiger partial charge in [-0.05, 0) is 40.9 Å². The first-order chi connectivity index (χ1) is 9.72. The molecule has 6 heteroatoms. The lowest BCUT2D eigenvalue weighted by molar-refractivity contribution is 0.861. The van der Waals surface area contributed by atoms with E-state index in [1.165, 1.54) is 0 Å². The molecule has 0 radical (unpaired) electrons. The molecule has 2 rings (SSSR count). The molecule has 106 valence electrons. The van der Waals surface area contributed by atoms with Crippen LogP contribution in [0.1, 0.15) is 31.9 Å². The zero-order chi connectivity index (χ0) is 14.4. The van der Waals surface area contributed by atoms with Crippen LogP contribution in [0.5, 0.6) is 0 Å². The Morgan fingerprint density at radius 2 is 2.10 bits per heavy atom. The van der Waals surface area contributed by atoms with Crippen LogP contribution in [0.4, 0.5) is 11.6 Å². The SMILES string of the molecule is CCCNc1ncnc(NC(C)c2cccnc2)c1Br. The highest BCUT2D eigenvalue weighted by Gasteiger charge is 2.12. The molecule has 2 heterocycles. The average molecular weight is 336 g/mol. The van der Waals surface area contributed by atoms with Crippen LogP contribution < -0.4 is 10.6 Å². The normalized spacial score (nSPS) is 11.9. The summed E-state index contributed by atoms with van der Waals surface area (Å²) in [5.74, 6) is 1.58. The molecule has 2 N–H and O–H groups in total. The average Bonchev–Trinajstić information content (AvgIpc) is 2.49. The van der Waals surface area contributed by atoms with Gasteiger partial charge in [0.1, 0.15) is 22.4 Å². The van der Waals surface area contributed by atoms with Crippen LogP contribution in [-0.2, 0) is 0 Å². The number of pyridine rings is 1. The number of anilines is 2. The van der Waals surface area contributed by atoms with Gasteiger partial charge in [0.2, 0.25) is 0 Å². The molecule has 0 fully saturated rings. The molecule has 0 aliphatic rings. The molecule has 2 aromatic heterocycles. The van der Waals surface area contributed by atoms with Crippen molar-refractivity contribution in [2.24, 2.45) is 0 Å². The number of hydrogen-bond donors (Lipinski definition) is 2. The van der Waals surface area contributed by atoms with E-state index in [1.807, 2.05) is 18.3 Å². The van der Waals surface area contributed by atoms with E-state index < -0.39 is 0 Å². The van der Waals surface area contributed by atoms with Crippen molar-refractivity contribution in [3.8, 4) is 0 Å². The van der Waals surface area contributed by atoms with E-state index in [0.29, 0.717) is 0 Å². The number of nitrogens with one attached hydrogen (secondary N) is 2. The van der Waals surface area contributed by atoms with E-state index >= 15 is 0 Å². The first-order valence-corrected chi connectivity index (χ1v) is 7.42. The van der Waals surface area contributed by atoms with E-state index in [1.54, 1.807) is 12.5 Å². The van der Waals surface area contributed by atoms with Crippen molar-refractivity contribution in [2.45, 2.75) is 26.3 Å². The summed E-state index contributed by atoms with van der Waals surface area (Å²) in [6, 6.07) is 4.08. The van der Waals surface area contributed by atoms with Crippen molar-refractivity contribution in [1.82, 2.24) is 15.0 Å². The molecule has 0 amide bonds. The highest BCUT2D eigenvalue weighted by Crippen LogP contribution is 2.29. The lowest BCUT2D eigenvalue weighted by Gasteiger charge is -2.16. The molecule has 2 aromatic rings. The molecular formula is C14H18BrN5. The maximum atomic E-state index is 4.28. The minimum atomic E-state index is 0.119. The quantitative estimate of drug-likeness (QED) is 0.843. The smallest absolute Gasteiger partial charge is 0.146 e. The van der Waals surface area contributed by atoms with Gasteiger partial charge in [-0.2, -0.15) is 0 Å². The zero-order valence-corrected chi connectivity index (χ0v) is 13.2. The summed E-state index contributed by atoms with van der Waals surface area (Å²) in [5.41, 5.74) is 1.11. The standard InChI is InChI=1S/C14H18BrN5/c1-3-6-17-13-12(15)14(19-9-18-13)20-10(2)11-5-4-7-16-8-11/h4-5,7-10H,3,6H2,1-2H3,(H2,17,18,19,20). The Morgan fingerprint density at radius 1 is 1.30 bits per heavy atom. The fraction of sp³-hybridized carbons (Fsp3) is 0.357. The third-order valence-electron chi connectivity index (χ3n) is 2.87. The Kier molecular flexibility index (Phi) is 5.29. The summed E-state index contributed by atoms with van der Waals surface area (Å²) < 4.78 is 0.851. The van der Waals surface area contributed by atoms with Crippen molar-refractivity contribution >= 4 is 27.6 Å². The molecule has 1 atom stereocenters. The molecular weight excluding hydrogens is 318 g/mol. The molecule has 5 nitrogen and oxygen atoms in total. The van der Waals surface area contributed by atoms with Crippen LogP contribution in [0.2, 0.25) is 0 Å². The Hall–Kier alpha value is -1.69. The molecule has 0 aliphatic heterocycles. The molecule has 0 spiro atoms. The van der Waals surface area contributed by atoms with Gasteiger partial charge in [-0.1, -0.05) is 13.0 Å². The van der Waals surface area contributed by atoms with Gasteiger partial charge < -0.3 is 10.6 Å². The third-order valence-corrected chi connectivity index (χ3v) is 3.62. The van der Waals surface area contributed by atoms with E-state index in [0.717, 1.165) is 34.6 Å². The third kappa shape index (κ3) is 3.66. The summed E-state index contributed by atoms with van der Waals surface area (Å²) in [4.78, 5) is 12.6. The Morgan fingerprint density at radius 3 is 2.80 bits per heavy atom. The number of halogens is 1. The van der Waals surface area contributed by atoms with E-state index in [2.05, 4.69) is 55.4 Å². The van der Waals surface area contributed by atoms with Crippen molar-refractivity contribution in [3.05, 3.63) is 40.9 Å². The summed E-state index contributed by atoms with van der Waals surface area (Å²) in [6.07, 6.45) is 6.22. The predicted molar refractivity (Wildman–Crippen MR) is 84.8 cm³/mol. The molecule has 0 saturated carbocycles. The maximum Gasteiger partial charge on any atom is 0.146 e. The zero-order valence-electron chi connectivity index (χ0n) is 11.6. The van der Waals surface area contributed by atoms with Gasteiger partial charge >= 0.3 is 0 Å². The van der Waals surface area contributed by atoms with Crippen LogP contribution in [0.3, 0.4) is 0 Å². The molecule has 0 aliphatic carbocycles. The second kappa shape index (κ2) is 7.19. The Labute approximate surface area is 127 Å². The molecule has 20 heavy (non-hydrogen) atoms. The largest absolute Gasteiger partial charge is 0.369 e. The fourth-order valence-corrected chi connectivity index (χ4v) is 2.22. The van der Waals surface area contributed by atoms with Gasteiger partial charge in [0.25, 0.3) is 0 Å². The maximum absolute atomic E-state index is 4.28. The summed E-state index contributed by atoms with van der Waals surface area (Å²) in [5, 5.41) is 6.63. The van der Waals surface area contributed by atoms with Gasteiger partial charge in [0.05, 0.1) is 6.04 Å². The molecule has 0 saturated heterocycles. The summed E-state index contributed by atoms with van der Waals surface area (Å²) in [6.45, 7) is 5.07. The second-order valence-electron chi connectivity index (χ2n) is 4.46. The first kappa shape index (κ1) is 14.7. The van der Waals surface area contributed by atoms with Crippen LogP contribution in [0, 0.1) is 0 Å². The fourth-order valence-electron chi connectivity index (χ4n) is 1.76. The first-order valence-electron chi connectivity index (χ1n) is 6.63. The number of rotatable bonds is 6. The molecule has 1 unspecified atom stereocenters. The Bertz CT molecular complexity index is 547. The van der Waals surface area contributed by atoms with E-state index in [9.17, 15) is 0 Å². The Balaban J connectivity index is 2.13. The minimum absolute atomic E-state index is 0.119. The van der Waals surface area contributed by atoms with Gasteiger partial charge in [-0.25, -0.2) is 9.97 Å². The highest BCUT2D eigenvalue weighted by molar-refractivity contribution is 9.10. The molecule has 0 bridgehead atoms. The summed E-state index contributed by atoms with van der Waals surface area (Å²) >= 11 is 3.55. The second-order valence-corrected chi connectivity index (χ2v) is 5.26. The van der Waals surface area contributed by atoms with Crippen molar-refractivity contribution in [1.29, 1.82) is 0 Å². The predicted octanol–water partition coefficient (Wildman–Crippen LogP) is 3.63. The van der Waals surface area contributed by atoms with Gasteiger partial charge in [-0.3, -0.25) is 4.98 Å².